The Morgan fingerprint density at radius 3 is 2.50 bits per heavy atom. The highest BCUT2D eigenvalue weighted by Crippen LogP contribution is 2.34. The molecule has 3 heterocycles. The molecule has 2 fully saturated rings. The van der Waals surface area contributed by atoms with E-state index >= 15 is 0 Å². The predicted octanol–water partition coefficient (Wildman–Crippen LogP) is 4.16. The molecule has 0 spiro atoms. The Morgan fingerprint density at radius 2 is 1.82 bits per heavy atom. The molecule has 8 nitrogen and oxygen atoms in total. The third kappa shape index (κ3) is 4.95. The first kappa shape index (κ1) is 22.1. The summed E-state index contributed by atoms with van der Waals surface area (Å²) in [5, 5.41) is 4.15. The third-order valence-corrected chi connectivity index (χ3v) is 6.60. The maximum atomic E-state index is 12.6. The van der Waals surface area contributed by atoms with Crippen molar-refractivity contribution < 1.29 is 14.1 Å². The molecule has 34 heavy (non-hydrogen) atoms. The number of pyridine rings is 1. The van der Waals surface area contributed by atoms with Crippen molar-refractivity contribution >= 4 is 17.8 Å². The van der Waals surface area contributed by atoms with Crippen molar-refractivity contribution in [3.8, 4) is 17.1 Å². The molecule has 1 saturated heterocycles. The first-order chi connectivity index (χ1) is 16.7. The van der Waals surface area contributed by atoms with Crippen LogP contribution in [0.3, 0.4) is 0 Å². The van der Waals surface area contributed by atoms with Crippen LogP contribution in [0.5, 0.6) is 5.75 Å². The second-order valence-corrected chi connectivity index (χ2v) is 8.76. The topological polar surface area (TPSA) is 84.6 Å². The summed E-state index contributed by atoms with van der Waals surface area (Å²) in [4.78, 5) is 25.9. The second-order valence-electron chi connectivity index (χ2n) is 8.76. The van der Waals surface area contributed by atoms with Crippen molar-refractivity contribution in [2.45, 2.75) is 31.6 Å². The Balaban J connectivity index is 1.14. The zero-order chi connectivity index (χ0) is 23.3. The highest BCUT2D eigenvalue weighted by molar-refractivity contribution is 5.92. The van der Waals surface area contributed by atoms with Crippen molar-refractivity contribution in [2.75, 3.05) is 38.2 Å². The fourth-order valence-corrected chi connectivity index (χ4v) is 4.54. The molecule has 8 heteroatoms. The van der Waals surface area contributed by atoms with Crippen LogP contribution in [0.2, 0.25) is 0 Å². The SMILES string of the molecule is COc1ccc(/C=C\C(=O)N2CCN(c3ccc(-c4noc(C5CCCC5)n4)cn3)CC2)cc1. The molecule has 1 amide bonds. The number of piperazine rings is 1. The number of aromatic nitrogens is 3. The fourth-order valence-electron chi connectivity index (χ4n) is 4.54. The van der Waals surface area contributed by atoms with Crippen molar-refractivity contribution in [3.05, 3.63) is 60.1 Å². The molecule has 1 aliphatic heterocycles. The molecule has 3 aromatic rings. The largest absolute Gasteiger partial charge is 0.497 e. The average Bonchev–Trinajstić information content (AvgIpc) is 3.60. The maximum Gasteiger partial charge on any atom is 0.246 e. The van der Waals surface area contributed by atoms with Gasteiger partial charge >= 0.3 is 0 Å². The highest BCUT2D eigenvalue weighted by atomic mass is 16.5. The van der Waals surface area contributed by atoms with Gasteiger partial charge in [-0.25, -0.2) is 4.98 Å². The van der Waals surface area contributed by atoms with Crippen molar-refractivity contribution in [2.24, 2.45) is 0 Å². The van der Waals surface area contributed by atoms with Crippen LogP contribution in [0.4, 0.5) is 5.82 Å². The summed E-state index contributed by atoms with van der Waals surface area (Å²) in [6, 6.07) is 11.6. The van der Waals surface area contributed by atoms with Crippen LogP contribution in [0.25, 0.3) is 17.5 Å². The monoisotopic (exact) mass is 459 g/mol. The minimum atomic E-state index is 0.0222. The van der Waals surface area contributed by atoms with Crippen molar-refractivity contribution in [1.82, 2.24) is 20.0 Å². The Hall–Kier alpha value is -3.68. The number of ether oxygens (including phenoxy) is 1. The second kappa shape index (κ2) is 10.1. The highest BCUT2D eigenvalue weighted by Gasteiger charge is 2.24. The summed E-state index contributed by atoms with van der Waals surface area (Å²) in [6.45, 7) is 2.79. The molecular formula is C26H29N5O3. The Bertz CT molecular complexity index is 1130. The van der Waals surface area contributed by atoms with Crippen LogP contribution in [-0.4, -0.2) is 59.2 Å². The molecule has 0 bridgehead atoms. The van der Waals surface area contributed by atoms with Gasteiger partial charge in [0, 0.05) is 49.9 Å². The van der Waals surface area contributed by atoms with Crippen LogP contribution in [0, 0.1) is 0 Å². The van der Waals surface area contributed by atoms with Crippen LogP contribution < -0.4 is 9.64 Å². The number of methoxy groups -OCH3 is 1. The summed E-state index contributed by atoms with van der Waals surface area (Å²) >= 11 is 0. The quantitative estimate of drug-likeness (QED) is 0.512. The summed E-state index contributed by atoms with van der Waals surface area (Å²) < 4.78 is 10.7. The molecular weight excluding hydrogens is 430 g/mol. The minimum absolute atomic E-state index is 0.0222. The first-order valence-electron chi connectivity index (χ1n) is 11.9. The molecule has 5 rings (SSSR count). The van der Waals surface area contributed by atoms with Gasteiger partial charge in [0.2, 0.25) is 17.6 Å². The zero-order valence-electron chi connectivity index (χ0n) is 19.4. The van der Waals surface area contributed by atoms with Crippen LogP contribution in [0.15, 0.2) is 53.2 Å². The molecule has 0 radical (unpaired) electrons. The molecule has 0 atom stereocenters. The van der Waals surface area contributed by atoms with Gasteiger partial charge in [-0.2, -0.15) is 4.98 Å². The predicted molar refractivity (Wildman–Crippen MR) is 130 cm³/mol. The van der Waals surface area contributed by atoms with Gasteiger partial charge in [0.05, 0.1) is 7.11 Å². The summed E-state index contributed by atoms with van der Waals surface area (Å²) in [7, 11) is 1.64. The number of rotatable bonds is 6. The van der Waals surface area contributed by atoms with E-state index in [1.807, 2.05) is 47.4 Å². The van der Waals surface area contributed by atoms with Crippen LogP contribution in [-0.2, 0) is 4.79 Å². The van der Waals surface area contributed by atoms with E-state index in [0.29, 0.717) is 24.8 Å². The van der Waals surface area contributed by atoms with Gasteiger partial charge in [-0.1, -0.05) is 30.1 Å². The summed E-state index contributed by atoms with van der Waals surface area (Å²) in [6.07, 6.45) is 10.00. The Kier molecular flexibility index (Phi) is 6.56. The third-order valence-electron chi connectivity index (χ3n) is 6.60. The first-order valence-corrected chi connectivity index (χ1v) is 11.9. The van der Waals surface area contributed by atoms with E-state index in [-0.39, 0.29) is 5.91 Å². The number of nitrogens with zero attached hydrogens (tertiary/aromatic N) is 5. The van der Waals surface area contributed by atoms with Gasteiger partial charge in [-0.15, -0.1) is 0 Å². The number of carbonyl (C=O) groups is 1. The normalized spacial score (nSPS) is 17.0. The van der Waals surface area contributed by atoms with E-state index in [9.17, 15) is 4.79 Å². The Morgan fingerprint density at radius 1 is 1.06 bits per heavy atom. The number of hydrogen-bond acceptors (Lipinski definition) is 7. The lowest BCUT2D eigenvalue weighted by Gasteiger charge is -2.35. The molecule has 1 aromatic carbocycles. The van der Waals surface area contributed by atoms with E-state index in [2.05, 4.69) is 20.0 Å². The summed E-state index contributed by atoms with van der Waals surface area (Å²) in [5.41, 5.74) is 1.82. The standard InChI is InChI=1S/C26H29N5O3/c1-33-22-10-6-19(7-11-22)8-13-24(32)31-16-14-30(15-17-31)23-12-9-21(18-27-23)25-28-26(34-29-25)20-4-2-3-5-20/h6-13,18,20H,2-5,14-17H2,1H3/b13-8-. The average molecular weight is 460 g/mol. The van der Waals surface area contributed by atoms with E-state index in [0.717, 1.165) is 54.5 Å². The summed E-state index contributed by atoms with van der Waals surface area (Å²) in [5.74, 6) is 3.46. The fraction of sp³-hybridized carbons (Fsp3) is 0.385. The number of benzene rings is 1. The lowest BCUT2D eigenvalue weighted by Crippen LogP contribution is -2.48. The van der Waals surface area contributed by atoms with Gasteiger partial charge in [0.25, 0.3) is 0 Å². The number of anilines is 1. The molecule has 2 aromatic heterocycles. The molecule has 176 valence electrons. The Labute approximate surface area is 199 Å². The van der Waals surface area contributed by atoms with E-state index < -0.39 is 0 Å². The molecule has 0 unspecified atom stereocenters. The van der Waals surface area contributed by atoms with E-state index in [1.54, 1.807) is 19.4 Å². The molecule has 1 aliphatic carbocycles. The van der Waals surface area contributed by atoms with Gasteiger partial charge in [-0.05, 0) is 48.7 Å². The van der Waals surface area contributed by atoms with Crippen LogP contribution in [0.1, 0.15) is 43.1 Å². The van der Waals surface area contributed by atoms with Gasteiger partial charge in [0.15, 0.2) is 0 Å². The van der Waals surface area contributed by atoms with Crippen molar-refractivity contribution in [1.29, 1.82) is 0 Å². The number of amides is 1. The van der Waals surface area contributed by atoms with Gasteiger partial charge in [0.1, 0.15) is 11.6 Å². The molecule has 0 N–H and O–H groups in total. The zero-order valence-corrected chi connectivity index (χ0v) is 19.4. The lowest BCUT2D eigenvalue weighted by molar-refractivity contribution is -0.126. The van der Waals surface area contributed by atoms with Crippen LogP contribution >= 0.6 is 0 Å². The smallest absolute Gasteiger partial charge is 0.246 e. The molecule has 2 aliphatic rings. The number of hydrogen-bond donors (Lipinski definition) is 0. The number of carbonyl (C=O) groups excluding carboxylic acids is 1. The van der Waals surface area contributed by atoms with E-state index in [1.165, 1.54) is 12.8 Å². The lowest BCUT2D eigenvalue weighted by atomic mass is 10.1. The van der Waals surface area contributed by atoms with Gasteiger partial charge in [-0.3, -0.25) is 4.79 Å². The van der Waals surface area contributed by atoms with Gasteiger partial charge < -0.3 is 19.1 Å². The van der Waals surface area contributed by atoms with Crippen molar-refractivity contribution in [3.63, 3.8) is 0 Å². The maximum absolute atomic E-state index is 12.6. The molecule has 1 saturated carbocycles. The minimum Gasteiger partial charge on any atom is -0.497 e. The van der Waals surface area contributed by atoms with E-state index in [4.69, 9.17) is 9.26 Å².